The average molecular weight is 460 g/mol. The minimum absolute atomic E-state index is 0.362. The SMILES string of the molecule is C[C@@H]1[C@H]2c3cc(NCc4ccccc4)ccc3C[C@@H](c3ccc(NCc4ccccc4)cc32)N1C. The molecular formula is C32H33N3. The third kappa shape index (κ3) is 4.21. The molecule has 7 rings (SSSR count). The van der Waals surface area contributed by atoms with Gasteiger partial charge in [-0.05, 0) is 78.0 Å². The lowest BCUT2D eigenvalue weighted by Crippen LogP contribution is -2.41. The summed E-state index contributed by atoms with van der Waals surface area (Å²) in [6.45, 7) is 4.07. The average Bonchev–Trinajstić information content (AvgIpc) is 3.11. The van der Waals surface area contributed by atoms with Crippen molar-refractivity contribution in [3.63, 3.8) is 0 Å². The van der Waals surface area contributed by atoms with Gasteiger partial charge in [0, 0.05) is 42.5 Å². The van der Waals surface area contributed by atoms with E-state index in [9.17, 15) is 0 Å². The molecule has 0 aromatic heterocycles. The van der Waals surface area contributed by atoms with Crippen LogP contribution >= 0.6 is 0 Å². The number of hydrogen-bond donors (Lipinski definition) is 2. The van der Waals surface area contributed by atoms with Gasteiger partial charge < -0.3 is 10.6 Å². The smallest absolute Gasteiger partial charge is 0.0400 e. The summed E-state index contributed by atoms with van der Waals surface area (Å²) in [4.78, 5) is 2.58. The summed E-state index contributed by atoms with van der Waals surface area (Å²) in [5.41, 5.74) is 10.9. The van der Waals surface area contributed by atoms with Crippen LogP contribution in [0.25, 0.3) is 0 Å². The Balaban J connectivity index is 1.32. The highest BCUT2D eigenvalue weighted by atomic mass is 15.2. The van der Waals surface area contributed by atoms with E-state index in [1.165, 1.54) is 44.8 Å². The maximum absolute atomic E-state index is 3.66. The molecule has 1 aliphatic carbocycles. The molecule has 176 valence electrons. The third-order valence-corrected chi connectivity index (χ3v) is 7.97. The first-order valence-electron chi connectivity index (χ1n) is 12.7. The topological polar surface area (TPSA) is 27.3 Å². The number of nitrogens with zero attached hydrogens (tertiary/aromatic N) is 1. The summed E-state index contributed by atoms with van der Waals surface area (Å²) < 4.78 is 0. The fourth-order valence-corrected chi connectivity index (χ4v) is 5.93. The molecule has 0 unspecified atom stereocenters. The van der Waals surface area contributed by atoms with Crippen molar-refractivity contribution in [2.24, 2.45) is 0 Å². The molecule has 2 heterocycles. The molecule has 2 bridgehead atoms. The second-order valence-electron chi connectivity index (χ2n) is 10.0. The second-order valence-corrected chi connectivity index (χ2v) is 10.0. The Labute approximate surface area is 208 Å². The molecule has 0 fully saturated rings. The lowest BCUT2D eigenvalue weighted by Gasteiger charge is -2.42. The fraction of sp³-hybridized carbons (Fsp3) is 0.250. The Morgan fingerprint density at radius 1 is 0.686 bits per heavy atom. The van der Waals surface area contributed by atoms with Crippen LogP contribution < -0.4 is 10.6 Å². The van der Waals surface area contributed by atoms with Crippen LogP contribution in [0.2, 0.25) is 0 Å². The predicted octanol–water partition coefficient (Wildman–Crippen LogP) is 6.97. The summed E-state index contributed by atoms with van der Waals surface area (Å²) >= 11 is 0. The quantitative estimate of drug-likeness (QED) is 0.326. The summed E-state index contributed by atoms with van der Waals surface area (Å²) in [5, 5.41) is 7.33. The van der Waals surface area contributed by atoms with Gasteiger partial charge in [-0.25, -0.2) is 0 Å². The van der Waals surface area contributed by atoms with Crippen LogP contribution in [0.4, 0.5) is 11.4 Å². The van der Waals surface area contributed by atoms with Crippen LogP contribution in [-0.2, 0) is 19.5 Å². The molecule has 2 aliphatic heterocycles. The molecule has 3 atom stereocenters. The maximum Gasteiger partial charge on any atom is 0.0400 e. The lowest BCUT2D eigenvalue weighted by molar-refractivity contribution is 0.160. The molecule has 4 aromatic rings. The highest BCUT2D eigenvalue weighted by molar-refractivity contribution is 5.60. The van der Waals surface area contributed by atoms with E-state index in [1.54, 1.807) is 0 Å². The van der Waals surface area contributed by atoms with Crippen LogP contribution in [0, 0.1) is 0 Å². The van der Waals surface area contributed by atoms with Gasteiger partial charge >= 0.3 is 0 Å². The summed E-state index contributed by atoms with van der Waals surface area (Å²) in [7, 11) is 2.30. The minimum Gasteiger partial charge on any atom is -0.381 e. The van der Waals surface area contributed by atoms with Gasteiger partial charge in [0.2, 0.25) is 0 Å². The summed E-state index contributed by atoms with van der Waals surface area (Å²) in [6, 6.07) is 36.2. The molecule has 3 heteroatoms. The van der Waals surface area contributed by atoms with E-state index in [1.807, 2.05) is 0 Å². The van der Waals surface area contributed by atoms with E-state index in [4.69, 9.17) is 0 Å². The summed E-state index contributed by atoms with van der Waals surface area (Å²) in [6.07, 6.45) is 1.06. The maximum atomic E-state index is 3.66. The fourth-order valence-electron chi connectivity index (χ4n) is 5.93. The standard InChI is InChI=1S/C32H33N3/c1-22-32-29-18-26(33-20-23-9-5-3-6-10-23)14-13-25(29)17-31(35(22)2)28-16-15-27(19-30(28)32)34-21-24-11-7-4-8-12-24/h3-16,18-19,22,31-34H,17,20-21H2,1-2H3/t22-,31+,32+/m1/s1. The first-order chi connectivity index (χ1) is 17.2. The Morgan fingerprint density at radius 3 is 1.89 bits per heavy atom. The zero-order chi connectivity index (χ0) is 23.8. The largest absolute Gasteiger partial charge is 0.381 e. The molecule has 0 saturated heterocycles. The summed E-state index contributed by atoms with van der Waals surface area (Å²) in [5.74, 6) is 0.362. The van der Waals surface area contributed by atoms with Crippen LogP contribution in [0.1, 0.15) is 52.3 Å². The minimum atomic E-state index is 0.362. The van der Waals surface area contributed by atoms with Gasteiger partial charge in [0.05, 0.1) is 0 Å². The number of benzene rings is 4. The van der Waals surface area contributed by atoms with E-state index < -0.39 is 0 Å². The van der Waals surface area contributed by atoms with E-state index >= 15 is 0 Å². The van der Waals surface area contributed by atoms with E-state index in [0.717, 1.165) is 19.5 Å². The van der Waals surface area contributed by atoms with Gasteiger partial charge in [0.15, 0.2) is 0 Å². The highest BCUT2D eigenvalue weighted by Crippen LogP contribution is 2.49. The van der Waals surface area contributed by atoms with Gasteiger partial charge in [0.25, 0.3) is 0 Å². The molecule has 0 amide bonds. The monoisotopic (exact) mass is 459 g/mol. The van der Waals surface area contributed by atoms with Gasteiger partial charge in [-0.3, -0.25) is 4.90 Å². The Bertz CT molecular complexity index is 1320. The van der Waals surface area contributed by atoms with E-state index in [2.05, 4.69) is 127 Å². The second kappa shape index (κ2) is 9.24. The molecule has 0 saturated carbocycles. The van der Waals surface area contributed by atoms with Gasteiger partial charge in [0.1, 0.15) is 0 Å². The van der Waals surface area contributed by atoms with Crippen molar-refractivity contribution in [1.82, 2.24) is 4.90 Å². The molecule has 0 radical (unpaired) electrons. The Kier molecular flexibility index (Phi) is 5.79. The molecule has 4 aromatic carbocycles. The van der Waals surface area contributed by atoms with Crippen molar-refractivity contribution in [2.45, 2.75) is 44.4 Å². The predicted molar refractivity (Wildman–Crippen MR) is 146 cm³/mol. The third-order valence-electron chi connectivity index (χ3n) is 7.97. The van der Waals surface area contributed by atoms with Gasteiger partial charge in [-0.15, -0.1) is 0 Å². The Hall–Kier alpha value is -3.56. The number of anilines is 2. The van der Waals surface area contributed by atoms with Crippen LogP contribution in [0.15, 0.2) is 97.1 Å². The van der Waals surface area contributed by atoms with Crippen LogP contribution in [0.5, 0.6) is 0 Å². The van der Waals surface area contributed by atoms with Crippen molar-refractivity contribution in [3.8, 4) is 0 Å². The van der Waals surface area contributed by atoms with Crippen molar-refractivity contribution < 1.29 is 0 Å². The zero-order valence-electron chi connectivity index (χ0n) is 20.5. The molecule has 35 heavy (non-hydrogen) atoms. The molecule has 0 spiro atoms. The molecule has 2 N–H and O–H groups in total. The van der Waals surface area contributed by atoms with E-state index in [0.29, 0.717) is 18.0 Å². The normalized spacial score (nSPS) is 20.6. The lowest BCUT2D eigenvalue weighted by atomic mass is 9.79. The number of likely N-dealkylation sites (N-methyl/N-ethyl adjacent to an activating group) is 1. The van der Waals surface area contributed by atoms with Crippen molar-refractivity contribution in [3.05, 3.63) is 130 Å². The van der Waals surface area contributed by atoms with Gasteiger partial charge in [-0.2, -0.15) is 0 Å². The number of rotatable bonds is 6. The van der Waals surface area contributed by atoms with Crippen LogP contribution in [-0.4, -0.2) is 18.0 Å². The Morgan fingerprint density at radius 2 is 1.26 bits per heavy atom. The zero-order valence-corrected chi connectivity index (χ0v) is 20.5. The highest BCUT2D eigenvalue weighted by Gasteiger charge is 2.41. The molecular weight excluding hydrogens is 426 g/mol. The molecule has 3 aliphatic rings. The first kappa shape index (κ1) is 21.9. The number of nitrogens with one attached hydrogen (secondary N) is 2. The van der Waals surface area contributed by atoms with Crippen molar-refractivity contribution in [2.75, 3.05) is 17.7 Å². The van der Waals surface area contributed by atoms with Crippen LogP contribution in [0.3, 0.4) is 0 Å². The molecule has 3 nitrogen and oxygen atoms in total. The van der Waals surface area contributed by atoms with Crippen molar-refractivity contribution in [1.29, 1.82) is 0 Å². The number of hydrogen-bond acceptors (Lipinski definition) is 3. The van der Waals surface area contributed by atoms with Gasteiger partial charge in [-0.1, -0.05) is 72.8 Å². The first-order valence-corrected chi connectivity index (χ1v) is 12.7. The van der Waals surface area contributed by atoms with Crippen molar-refractivity contribution >= 4 is 11.4 Å². The number of fused-ring (bicyclic) bond motifs is 1. The van der Waals surface area contributed by atoms with E-state index in [-0.39, 0.29) is 0 Å².